The summed E-state index contributed by atoms with van der Waals surface area (Å²) in [6, 6.07) is 13.9. The Hall–Kier alpha value is -2.38. The van der Waals surface area contributed by atoms with Crippen LogP contribution < -0.4 is 10.6 Å². The maximum atomic E-state index is 12.7. The van der Waals surface area contributed by atoms with E-state index < -0.39 is 16.1 Å². The quantitative estimate of drug-likeness (QED) is 0.745. The van der Waals surface area contributed by atoms with Gasteiger partial charge in [0.05, 0.1) is 4.90 Å². The van der Waals surface area contributed by atoms with E-state index in [0.29, 0.717) is 18.8 Å². The van der Waals surface area contributed by atoms with E-state index in [1.807, 2.05) is 24.3 Å². The summed E-state index contributed by atoms with van der Waals surface area (Å²) in [4.78, 5) is 12.7. The third-order valence-corrected chi connectivity index (χ3v) is 6.84. The molecule has 1 aliphatic rings. The Morgan fingerprint density at radius 3 is 2.39 bits per heavy atom. The minimum absolute atomic E-state index is 0.183. The van der Waals surface area contributed by atoms with Crippen molar-refractivity contribution in [3.05, 3.63) is 54.1 Å². The van der Waals surface area contributed by atoms with E-state index in [1.165, 1.54) is 9.87 Å². The van der Waals surface area contributed by atoms with Crippen LogP contribution in [0.2, 0.25) is 0 Å². The van der Waals surface area contributed by atoms with Gasteiger partial charge in [-0.15, -0.1) is 0 Å². The molecule has 3 rings (SSSR count). The lowest BCUT2D eigenvalue weighted by molar-refractivity contribution is -0.116. The van der Waals surface area contributed by atoms with Gasteiger partial charge >= 0.3 is 0 Å². The van der Waals surface area contributed by atoms with Gasteiger partial charge in [0.2, 0.25) is 15.9 Å². The highest BCUT2D eigenvalue weighted by Gasteiger charge is 2.27. The van der Waals surface area contributed by atoms with Crippen molar-refractivity contribution in [1.29, 1.82) is 0 Å². The summed E-state index contributed by atoms with van der Waals surface area (Å²) in [5.74, 6) is -0.183. The van der Waals surface area contributed by atoms with E-state index in [2.05, 4.69) is 17.6 Å². The number of amides is 1. The number of hydrogen-bond donors (Lipinski definition) is 2. The maximum Gasteiger partial charge on any atom is 0.246 e. The molecule has 0 bridgehead atoms. The van der Waals surface area contributed by atoms with Crippen LogP contribution >= 0.6 is 0 Å². The summed E-state index contributed by atoms with van der Waals surface area (Å²) in [5.41, 5.74) is 2.55. The van der Waals surface area contributed by atoms with Crippen LogP contribution in [0, 0.1) is 0 Å². The molecule has 6 nitrogen and oxygen atoms in total. The molecule has 150 valence electrons. The zero-order valence-electron chi connectivity index (χ0n) is 16.3. The first-order valence-electron chi connectivity index (χ1n) is 9.66. The summed E-state index contributed by atoms with van der Waals surface area (Å²) >= 11 is 0. The third kappa shape index (κ3) is 4.72. The first-order valence-corrected chi connectivity index (χ1v) is 11.1. The van der Waals surface area contributed by atoms with Gasteiger partial charge in [-0.1, -0.05) is 25.1 Å². The van der Waals surface area contributed by atoms with Crippen molar-refractivity contribution in [2.45, 2.75) is 44.0 Å². The molecule has 1 unspecified atom stereocenters. The fraction of sp³-hybridized carbons (Fsp3) is 0.381. The molecule has 1 atom stereocenters. The highest BCUT2D eigenvalue weighted by Crippen LogP contribution is 2.23. The second kappa shape index (κ2) is 8.75. The normalized spacial score (nSPS) is 15.9. The minimum atomic E-state index is -3.48. The SMILES string of the molecule is CCc1ccc(NC(=O)C(C)Nc2cccc(S(=O)(=O)N3CCCC3)c2)cc1. The molecule has 1 amide bonds. The van der Waals surface area contributed by atoms with E-state index in [4.69, 9.17) is 0 Å². The van der Waals surface area contributed by atoms with Gasteiger partial charge in [-0.2, -0.15) is 4.31 Å². The van der Waals surface area contributed by atoms with Crippen molar-refractivity contribution in [2.75, 3.05) is 23.7 Å². The van der Waals surface area contributed by atoms with Gasteiger partial charge in [0.25, 0.3) is 0 Å². The van der Waals surface area contributed by atoms with Gasteiger partial charge in [0, 0.05) is 24.5 Å². The summed E-state index contributed by atoms with van der Waals surface area (Å²) < 4.78 is 27.0. The molecule has 0 saturated carbocycles. The largest absolute Gasteiger partial charge is 0.374 e. The van der Waals surface area contributed by atoms with Crippen molar-refractivity contribution in [1.82, 2.24) is 4.31 Å². The average Bonchev–Trinajstić information content (AvgIpc) is 3.24. The zero-order valence-corrected chi connectivity index (χ0v) is 17.1. The Morgan fingerprint density at radius 1 is 1.07 bits per heavy atom. The smallest absolute Gasteiger partial charge is 0.246 e. The van der Waals surface area contributed by atoms with Crippen molar-refractivity contribution in [2.24, 2.45) is 0 Å². The van der Waals surface area contributed by atoms with E-state index in [-0.39, 0.29) is 10.8 Å². The van der Waals surface area contributed by atoms with Gasteiger partial charge in [-0.25, -0.2) is 8.42 Å². The number of nitrogens with zero attached hydrogens (tertiary/aromatic N) is 1. The molecule has 28 heavy (non-hydrogen) atoms. The summed E-state index contributed by atoms with van der Waals surface area (Å²) in [6.07, 6.45) is 2.74. The molecule has 1 saturated heterocycles. The molecule has 1 fully saturated rings. The van der Waals surface area contributed by atoms with Gasteiger partial charge in [-0.05, 0) is 62.1 Å². The molecule has 7 heteroatoms. The van der Waals surface area contributed by atoms with Crippen LogP contribution in [0.25, 0.3) is 0 Å². The van der Waals surface area contributed by atoms with Gasteiger partial charge < -0.3 is 10.6 Å². The second-order valence-electron chi connectivity index (χ2n) is 7.04. The lowest BCUT2D eigenvalue weighted by Crippen LogP contribution is -2.32. The van der Waals surface area contributed by atoms with E-state index in [9.17, 15) is 13.2 Å². The monoisotopic (exact) mass is 401 g/mol. The summed E-state index contributed by atoms with van der Waals surface area (Å²) in [5, 5.41) is 5.97. The Labute approximate surface area is 167 Å². The van der Waals surface area contributed by atoms with Gasteiger partial charge in [-0.3, -0.25) is 4.79 Å². The highest BCUT2D eigenvalue weighted by atomic mass is 32.2. The van der Waals surface area contributed by atoms with Crippen LogP contribution in [-0.2, 0) is 21.2 Å². The molecule has 0 aliphatic carbocycles. The lowest BCUT2D eigenvalue weighted by Gasteiger charge is -2.18. The second-order valence-corrected chi connectivity index (χ2v) is 8.98. The van der Waals surface area contributed by atoms with E-state index in [1.54, 1.807) is 31.2 Å². The fourth-order valence-corrected chi connectivity index (χ4v) is 4.78. The third-order valence-electron chi connectivity index (χ3n) is 4.94. The molecular weight excluding hydrogens is 374 g/mol. The van der Waals surface area contributed by atoms with E-state index >= 15 is 0 Å². The maximum absolute atomic E-state index is 12.7. The topological polar surface area (TPSA) is 78.5 Å². The molecule has 1 aliphatic heterocycles. The predicted molar refractivity (Wildman–Crippen MR) is 112 cm³/mol. The van der Waals surface area contributed by atoms with Crippen molar-refractivity contribution < 1.29 is 13.2 Å². The minimum Gasteiger partial charge on any atom is -0.374 e. The Morgan fingerprint density at radius 2 is 1.75 bits per heavy atom. The molecular formula is C21H27N3O3S. The first-order chi connectivity index (χ1) is 13.4. The van der Waals surface area contributed by atoms with Crippen LogP contribution in [0.4, 0.5) is 11.4 Å². The van der Waals surface area contributed by atoms with Crippen LogP contribution in [-0.4, -0.2) is 37.8 Å². The zero-order chi connectivity index (χ0) is 20.1. The number of nitrogens with one attached hydrogen (secondary N) is 2. The summed E-state index contributed by atoms with van der Waals surface area (Å²) in [7, 11) is -3.48. The first kappa shape index (κ1) is 20.4. The van der Waals surface area contributed by atoms with Crippen LogP contribution in [0.5, 0.6) is 0 Å². The molecule has 0 aromatic heterocycles. The molecule has 1 heterocycles. The molecule has 0 radical (unpaired) electrons. The fourth-order valence-electron chi connectivity index (χ4n) is 3.21. The predicted octanol–water partition coefficient (Wildman–Crippen LogP) is 3.47. The molecule has 2 N–H and O–H groups in total. The molecule has 0 spiro atoms. The van der Waals surface area contributed by atoms with E-state index in [0.717, 1.165) is 24.9 Å². The van der Waals surface area contributed by atoms with Crippen molar-refractivity contribution in [3.8, 4) is 0 Å². The van der Waals surface area contributed by atoms with Crippen LogP contribution in [0.3, 0.4) is 0 Å². The lowest BCUT2D eigenvalue weighted by atomic mass is 10.1. The van der Waals surface area contributed by atoms with Crippen molar-refractivity contribution in [3.63, 3.8) is 0 Å². The van der Waals surface area contributed by atoms with Crippen LogP contribution in [0.15, 0.2) is 53.4 Å². The number of hydrogen-bond acceptors (Lipinski definition) is 4. The Kier molecular flexibility index (Phi) is 6.36. The molecule has 2 aromatic carbocycles. The standard InChI is InChI=1S/C21H27N3O3S/c1-3-17-9-11-18(12-10-17)23-21(25)16(2)22-19-7-6-8-20(15-19)28(26,27)24-13-4-5-14-24/h6-12,15-16,22H,3-5,13-14H2,1-2H3,(H,23,25). The number of carbonyl (C=O) groups is 1. The Bertz CT molecular complexity index is 920. The van der Waals surface area contributed by atoms with Gasteiger partial charge in [0.15, 0.2) is 0 Å². The van der Waals surface area contributed by atoms with Crippen LogP contribution in [0.1, 0.15) is 32.3 Å². The average molecular weight is 402 g/mol. The highest BCUT2D eigenvalue weighted by molar-refractivity contribution is 7.89. The number of anilines is 2. The number of benzene rings is 2. The summed E-state index contributed by atoms with van der Waals surface area (Å²) in [6.45, 7) is 4.96. The number of aryl methyl sites for hydroxylation is 1. The van der Waals surface area contributed by atoms with Gasteiger partial charge in [0.1, 0.15) is 6.04 Å². The Balaban J connectivity index is 1.66. The molecule has 2 aromatic rings. The number of rotatable bonds is 7. The van der Waals surface area contributed by atoms with Crippen molar-refractivity contribution >= 4 is 27.3 Å². The number of carbonyl (C=O) groups excluding carboxylic acids is 1. The number of sulfonamides is 1.